The number of aromatic nitrogens is 6. The molecule has 364 valence electrons. The van der Waals surface area contributed by atoms with E-state index in [-0.39, 0.29) is 47.8 Å². The van der Waals surface area contributed by atoms with Crippen molar-refractivity contribution in [3.63, 3.8) is 0 Å². The summed E-state index contributed by atoms with van der Waals surface area (Å²) >= 11 is 0. The molecular formula is C52H62N14O4. The molecule has 0 radical (unpaired) electrons. The number of benzene rings is 2. The summed E-state index contributed by atoms with van der Waals surface area (Å²) < 4.78 is 0. The molecule has 0 aliphatic carbocycles. The fraction of sp³-hybridized carbons (Fsp3) is 0.423. The second-order valence-corrected chi connectivity index (χ2v) is 19.1. The van der Waals surface area contributed by atoms with Gasteiger partial charge in [-0.25, -0.2) is 9.97 Å². The highest BCUT2D eigenvalue weighted by molar-refractivity contribution is 5.99. The summed E-state index contributed by atoms with van der Waals surface area (Å²) in [6.45, 7) is 21.3. The highest BCUT2D eigenvalue weighted by atomic mass is 16.2. The predicted octanol–water partition coefficient (Wildman–Crippen LogP) is 6.46. The lowest BCUT2D eigenvalue weighted by molar-refractivity contribution is -0.129. The van der Waals surface area contributed by atoms with E-state index in [0.717, 1.165) is 44.1 Å². The van der Waals surface area contributed by atoms with E-state index >= 15 is 0 Å². The Kier molecular flexibility index (Phi) is 13.5. The van der Waals surface area contributed by atoms with E-state index in [1.807, 2.05) is 96.1 Å². The van der Waals surface area contributed by atoms with E-state index in [1.54, 1.807) is 13.8 Å². The van der Waals surface area contributed by atoms with Gasteiger partial charge in [-0.3, -0.25) is 29.1 Å². The highest BCUT2D eigenvalue weighted by Gasteiger charge is 2.37. The van der Waals surface area contributed by atoms with Crippen LogP contribution in [0.15, 0.2) is 73.1 Å². The van der Waals surface area contributed by atoms with Gasteiger partial charge in [0.1, 0.15) is 23.0 Å². The number of carbonyl (C=O) groups excluding carboxylic acids is 4. The van der Waals surface area contributed by atoms with Crippen LogP contribution in [0.1, 0.15) is 111 Å². The Labute approximate surface area is 408 Å². The van der Waals surface area contributed by atoms with Gasteiger partial charge in [0.15, 0.2) is 0 Å². The van der Waals surface area contributed by atoms with Crippen LogP contribution in [0.3, 0.4) is 0 Å². The van der Waals surface area contributed by atoms with Crippen molar-refractivity contribution in [3.8, 4) is 0 Å². The van der Waals surface area contributed by atoms with Crippen molar-refractivity contribution in [2.45, 2.75) is 92.6 Å². The van der Waals surface area contributed by atoms with Gasteiger partial charge in [0.2, 0.25) is 23.7 Å². The number of para-hydroxylation sites is 2. The summed E-state index contributed by atoms with van der Waals surface area (Å²) in [6.07, 6.45) is 3.77. The van der Waals surface area contributed by atoms with E-state index in [1.165, 1.54) is 0 Å². The fourth-order valence-corrected chi connectivity index (χ4v) is 9.38. The van der Waals surface area contributed by atoms with Gasteiger partial charge < -0.3 is 40.0 Å². The van der Waals surface area contributed by atoms with Crippen molar-refractivity contribution in [1.29, 1.82) is 0 Å². The van der Waals surface area contributed by atoms with E-state index in [4.69, 9.17) is 19.9 Å². The van der Waals surface area contributed by atoms with Crippen LogP contribution >= 0.6 is 0 Å². The van der Waals surface area contributed by atoms with E-state index in [2.05, 4.69) is 68.5 Å². The molecule has 2 atom stereocenters. The van der Waals surface area contributed by atoms with Crippen molar-refractivity contribution < 1.29 is 19.2 Å². The van der Waals surface area contributed by atoms with Gasteiger partial charge in [0.05, 0.1) is 36.2 Å². The molecule has 70 heavy (non-hydrogen) atoms. The number of hydrogen-bond donors (Lipinski definition) is 2. The van der Waals surface area contributed by atoms with Crippen molar-refractivity contribution in [2.24, 2.45) is 0 Å². The molecule has 0 spiro atoms. The number of pyridine rings is 2. The Morgan fingerprint density at radius 1 is 0.529 bits per heavy atom. The summed E-state index contributed by atoms with van der Waals surface area (Å²) in [6, 6.07) is 20.3. The molecular weight excluding hydrogens is 885 g/mol. The number of piperazine rings is 2. The monoisotopic (exact) mass is 947 g/mol. The highest BCUT2D eigenvalue weighted by Crippen LogP contribution is 2.35. The molecule has 0 unspecified atom stereocenters. The van der Waals surface area contributed by atoms with Crippen LogP contribution in [0.5, 0.6) is 0 Å². The predicted molar refractivity (Wildman–Crippen MR) is 271 cm³/mol. The molecule has 2 saturated heterocycles. The molecule has 8 heterocycles. The largest absolute Gasteiger partial charge is 0.363 e. The fourth-order valence-electron chi connectivity index (χ4n) is 9.38. The average molecular weight is 947 g/mol. The minimum atomic E-state index is -0.0725. The Morgan fingerprint density at radius 3 is 1.26 bits per heavy atom. The number of amides is 4. The van der Waals surface area contributed by atoms with Gasteiger partial charge in [-0.2, -0.15) is 9.97 Å². The van der Waals surface area contributed by atoms with Gasteiger partial charge in [-0.15, -0.1) is 0 Å². The van der Waals surface area contributed by atoms with Crippen LogP contribution in [0.4, 0.5) is 23.5 Å². The second-order valence-electron chi connectivity index (χ2n) is 19.1. The number of anilines is 4. The van der Waals surface area contributed by atoms with Crippen molar-refractivity contribution in [2.75, 3.05) is 72.8 Å². The smallest absolute Gasteiger partial charge is 0.273 e. The zero-order valence-corrected chi connectivity index (χ0v) is 41.3. The van der Waals surface area contributed by atoms with Crippen LogP contribution in [0, 0.1) is 0 Å². The van der Waals surface area contributed by atoms with E-state index in [0.29, 0.717) is 100 Å². The molecule has 4 aromatic heterocycles. The van der Waals surface area contributed by atoms with Gasteiger partial charge in [0.25, 0.3) is 11.8 Å². The van der Waals surface area contributed by atoms with Crippen LogP contribution in [0.2, 0.25) is 0 Å². The number of rotatable bonds is 10. The number of nitrogens with zero attached hydrogens (tertiary/aromatic N) is 12. The number of carbonyl (C=O) groups is 4. The molecule has 18 heteroatoms. The Hall–Kier alpha value is -7.50. The summed E-state index contributed by atoms with van der Waals surface area (Å²) in [5.74, 6) is 2.42. The SMILES string of the molecule is CC(=O)N1CCN(c2nc(N[C@@H](C)c3cnc4ccccc4c3)c3c(n2)C(=O)N(C(C)C)C3)CC1.CC(=O)N1CCN(c2nc(N[C@H](C)c3cnc4ccccc4c3)c3c(n2)C(=O)N(C(C)C)C3)CC1. The topological polar surface area (TPSA) is 189 Å². The first kappa shape index (κ1) is 47.6. The first-order valence-electron chi connectivity index (χ1n) is 24.3. The lowest BCUT2D eigenvalue weighted by atomic mass is 10.1. The normalized spacial score (nSPS) is 16.7. The maximum absolute atomic E-state index is 13.2. The molecule has 6 aromatic rings. The van der Waals surface area contributed by atoms with E-state index < -0.39 is 0 Å². The summed E-state index contributed by atoms with van der Waals surface area (Å²) in [5.41, 5.74) is 6.57. The molecule has 18 nitrogen and oxygen atoms in total. The summed E-state index contributed by atoms with van der Waals surface area (Å²) in [7, 11) is 0. The van der Waals surface area contributed by atoms with Crippen LogP contribution in [0.25, 0.3) is 21.8 Å². The maximum atomic E-state index is 13.2. The third-order valence-corrected chi connectivity index (χ3v) is 13.8. The molecule has 2 N–H and O–H groups in total. The third-order valence-electron chi connectivity index (χ3n) is 13.8. The van der Waals surface area contributed by atoms with Gasteiger partial charge in [0, 0.05) is 113 Å². The Morgan fingerprint density at radius 2 is 0.900 bits per heavy atom. The van der Waals surface area contributed by atoms with Crippen molar-refractivity contribution in [3.05, 3.63) is 107 Å². The second kappa shape index (κ2) is 19.8. The minimum Gasteiger partial charge on any atom is -0.363 e. The zero-order chi connectivity index (χ0) is 49.4. The number of hydrogen-bond acceptors (Lipinski definition) is 14. The van der Waals surface area contributed by atoms with E-state index in [9.17, 15) is 19.2 Å². The van der Waals surface area contributed by atoms with Gasteiger partial charge in [-0.05, 0) is 76.9 Å². The van der Waals surface area contributed by atoms with Gasteiger partial charge >= 0.3 is 0 Å². The molecule has 2 aromatic carbocycles. The standard InChI is InChI=1S/2C26H31N7O2/c2*1-16(2)33-15-21-23(25(33)35)29-26(32-11-9-31(10-12-32)18(4)34)30-24(21)28-17(3)20-13-19-7-5-6-8-22(19)27-14-20/h2*5-8,13-14,16-17H,9-12,15H2,1-4H3,(H,28,29,30)/t2*17-/m10/s1. The molecule has 0 saturated carbocycles. The van der Waals surface area contributed by atoms with Crippen LogP contribution in [-0.2, 0) is 22.7 Å². The van der Waals surface area contributed by atoms with Gasteiger partial charge in [-0.1, -0.05) is 36.4 Å². The molecule has 4 amide bonds. The molecule has 4 aliphatic rings. The lowest BCUT2D eigenvalue weighted by Gasteiger charge is -2.34. The van der Waals surface area contributed by atoms with Crippen LogP contribution < -0.4 is 20.4 Å². The first-order valence-corrected chi connectivity index (χ1v) is 24.3. The average Bonchev–Trinajstić information content (AvgIpc) is 3.90. The van der Waals surface area contributed by atoms with Crippen molar-refractivity contribution >= 4 is 69.0 Å². The summed E-state index contributed by atoms with van der Waals surface area (Å²) in [4.78, 5) is 89.7. The molecule has 0 bridgehead atoms. The Balaban J connectivity index is 0.000000174. The molecule has 2 fully saturated rings. The zero-order valence-electron chi connectivity index (χ0n) is 41.3. The number of fused-ring (bicyclic) bond motifs is 4. The third kappa shape index (κ3) is 9.71. The maximum Gasteiger partial charge on any atom is 0.273 e. The van der Waals surface area contributed by atoms with Crippen molar-refractivity contribution in [1.82, 2.24) is 49.5 Å². The van der Waals surface area contributed by atoms with Crippen LogP contribution in [-0.4, -0.2) is 138 Å². The number of nitrogens with one attached hydrogen (secondary N) is 2. The first-order chi connectivity index (χ1) is 33.6. The quantitative estimate of drug-likeness (QED) is 0.152. The Bertz CT molecular complexity index is 2770. The molecule has 10 rings (SSSR count). The molecule has 4 aliphatic heterocycles. The minimum absolute atomic E-state index is 0.0641. The lowest BCUT2D eigenvalue weighted by Crippen LogP contribution is -2.48. The summed E-state index contributed by atoms with van der Waals surface area (Å²) in [5, 5.41) is 9.26.